The molecule has 3 rings (SSSR count). The van der Waals surface area contributed by atoms with Gasteiger partial charge < -0.3 is 5.32 Å². The second-order valence-electron chi connectivity index (χ2n) is 5.61. The zero-order chi connectivity index (χ0) is 14.5. The highest BCUT2D eigenvalue weighted by molar-refractivity contribution is 9.10. The van der Waals surface area contributed by atoms with Crippen LogP contribution in [-0.2, 0) is 11.0 Å². The van der Waals surface area contributed by atoms with E-state index in [9.17, 15) is 18.0 Å². The summed E-state index contributed by atoms with van der Waals surface area (Å²) in [5, 5.41) is 2.62. The molecule has 0 radical (unpaired) electrons. The van der Waals surface area contributed by atoms with E-state index in [0.29, 0.717) is 16.3 Å². The van der Waals surface area contributed by atoms with E-state index in [2.05, 4.69) is 21.2 Å². The Labute approximate surface area is 122 Å². The van der Waals surface area contributed by atoms with Crippen molar-refractivity contribution in [2.75, 3.05) is 5.32 Å². The van der Waals surface area contributed by atoms with Gasteiger partial charge in [0, 0.05) is 10.4 Å². The summed E-state index contributed by atoms with van der Waals surface area (Å²) in [7, 11) is 0. The van der Waals surface area contributed by atoms with Gasteiger partial charge in [-0.15, -0.1) is 0 Å². The number of halogens is 4. The third kappa shape index (κ3) is 2.71. The summed E-state index contributed by atoms with van der Waals surface area (Å²) in [4.78, 5) is 12.1. The molecule has 20 heavy (non-hydrogen) atoms. The number of hydrogen-bond acceptors (Lipinski definition) is 1. The molecule has 2 unspecified atom stereocenters. The molecule has 0 bridgehead atoms. The van der Waals surface area contributed by atoms with E-state index >= 15 is 0 Å². The number of hydrogen-bond donors (Lipinski definition) is 1. The fraction of sp³-hybridized carbons (Fsp3) is 0.500. The van der Waals surface area contributed by atoms with E-state index in [4.69, 9.17) is 0 Å². The molecular weight excluding hydrogens is 335 g/mol. The second-order valence-corrected chi connectivity index (χ2v) is 6.46. The number of amides is 1. The first kappa shape index (κ1) is 13.9. The molecule has 2 nitrogen and oxygen atoms in total. The number of fused-ring (bicyclic) bond motifs is 1. The van der Waals surface area contributed by atoms with Crippen LogP contribution in [-0.4, -0.2) is 5.91 Å². The van der Waals surface area contributed by atoms with Crippen molar-refractivity contribution in [3.63, 3.8) is 0 Å². The summed E-state index contributed by atoms with van der Waals surface area (Å²) in [5.41, 5.74) is -0.573. The number of alkyl halides is 3. The van der Waals surface area contributed by atoms with Crippen molar-refractivity contribution in [1.29, 1.82) is 0 Å². The predicted molar refractivity (Wildman–Crippen MR) is 72.1 cm³/mol. The van der Waals surface area contributed by atoms with Gasteiger partial charge in [0.05, 0.1) is 11.3 Å². The number of anilines is 1. The van der Waals surface area contributed by atoms with E-state index in [1.54, 1.807) is 0 Å². The van der Waals surface area contributed by atoms with Gasteiger partial charge in [-0.1, -0.05) is 0 Å². The summed E-state index contributed by atoms with van der Waals surface area (Å²) in [5.74, 6) is 1.10. The second kappa shape index (κ2) is 4.76. The Morgan fingerprint density at radius 3 is 2.45 bits per heavy atom. The average Bonchev–Trinajstić information content (AvgIpc) is 2.97. The number of benzene rings is 1. The first-order valence-corrected chi connectivity index (χ1v) is 7.31. The molecule has 1 aromatic carbocycles. The van der Waals surface area contributed by atoms with Crippen LogP contribution in [0.5, 0.6) is 0 Å². The highest BCUT2D eigenvalue weighted by Gasteiger charge is 2.48. The molecule has 0 aliphatic heterocycles. The minimum absolute atomic E-state index is 0.0554. The fourth-order valence-corrected chi connectivity index (χ4v) is 3.31. The van der Waals surface area contributed by atoms with Gasteiger partial charge in [-0.3, -0.25) is 4.79 Å². The monoisotopic (exact) mass is 347 g/mol. The molecule has 2 saturated carbocycles. The van der Waals surface area contributed by atoms with Crippen molar-refractivity contribution < 1.29 is 18.0 Å². The van der Waals surface area contributed by atoms with Crippen LogP contribution in [0.15, 0.2) is 22.7 Å². The van der Waals surface area contributed by atoms with E-state index < -0.39 is 11.7 Å². The molecule has 2 aliphatic rings. The third-order valence-electron chi connectivity index (χ3n) is 4.17. The van der Waals surface area contributed by atoms with Crippen molar-refractivity contribution in [2.45, 2.75) is 25.4 Å². The Morgan fingerprint density at radius 1 is 1.20 bits per heavy atom. The Kier molecular flexibility index (Phi) is 3.31. The van der Waals surface area contributed by atoms with E-state index in [1.165, 1.54) is 12.5 Å². The molecule has 1 aromatic rings. The van der Waals surface area contributed by atoms with Gasteiger partial charge >= 0.3 is 6.18 Å². The van der Waals surface area contributed by atoms with Crippen LogP contribution in [0.3, 0.4) is 0 Å². The summed E-state index contributed by atoms with van der Waals surface area (Å²) in [6, 6.07) is 3.27. The molecule has 0 saturated heterocycles. The van der Waals surface area contributed by atoms with Crippen molar-refractivity contribution in [3.05, 3.63) is 28.2 Å². The van der Waals surface area contributed by atoms with Crippen LogP contribution in [0, 0.1) is 17.8 Å². The zero-order valence-electron chi connectivity index (χ0n) is 10.5. The highest BCUT2D eigenvalue weighted by atomic mass is 79.9. The summed E-state index contributed by atoms with van der Waals surface area (Å²) < 4.78 is 38.5. The summed E-state index contributed by atoms with van der Waals surface area (Å²) in [6.07, 6.45) is -1.47. The van der Waals surface area contributed by atoms with Crippen LogP contribution >= 0.6 is 15.9 Å². The SMILES string of the molecule is O=C(Nc1cc(C(F)(F)F)ccc1Br)C1CC2CC2C1. The normalized spacial score (nSPS) is 28.1. The van der Waals surface area contributed by atoms with Crippen molar-refractivity contribution in [3.8, 4) is 0 Å². The Morgan fingerprint density at radius 2 is 1.85 bits per heavy atom. The van der Waals surface area contributed by atoms with Gasteiger partial charge in [0.2, 0.25) is 5.91 Å². The van der Waals surface area contributed by atoms with Crippen LogP contribution in [0.25, 0.3) is 0 Å². The van der Waals surface area contributed by atoms with Crippen molar-refractivity contribution >= 4 is 27.5 Å². The van der Waals surface area contributed by atoms with Crippen LogP contribution in [0.2, 0.25) is 0 Å². The van der Waals surface area contributed by atoms with Crippen molar-refractivity contribution in [2.24, 2.45) is 17.8 Å². The lowest BCUT2D eigenvalue weighted by molar-refractivity contribution is -0.137. The summed E-state index contributed by atoms with van der Waals surface area (Å²) >= 11 is 3.17. The van der Waals surface area contributed by atoms with E-state index in [0.717, 1.165) is 25.0 Å². The van der Waals surface area contributed by atoms with Crippen molar-refractivity contribution in [1.82, 2.24) is 0 Å². The summed E-state index contributed by atoms with van der Waals surface area (Å²) in [6.45, 7) is 0. The van der Waals surface area contributed by atoms with Gasteiger partial charge in [0.25, 0.3) is 0 Å². The fourth-order valence-electron chi connectivity index (χ4n) is 2.96. The van der Waals surface area contributed by atoms with Gasteiger partial charge in [0.15, 0.2) is 0 Å². The first-order chi connectivity index (χ1) is 9.34. The molecule has 1 amide bonds. The maximum Gasteiger partial charge on any atom is 0.416 e. The Hall–Kier alpha value is -1.04. The van der Waals surface area contributed by atoms with Gasteiger partial charge in [-0.25, -0.2) is 0 Å². The molecule has 2 aliphatic carbocycles. The lowest BCUT2D eigenvalue weighted by atomic mass is 10.0. The number of rotatable bonds is 2. The van der Waals surface area contributed by atoms with Crippen LogP contribution in [0.4, 0.5) is 18.9 Å². The van der Waals surface area contributed by atoms with Gasteiger partial charge in [0.1, 0.15) is 0 Å². The molecule has 2 atom stereocenters. The molecular formula is C14H13BrF3NO. The molecule has 1 N–H and O–H groups in total. The minimum atomic E-state index is -4.41. The average molecular weight is 348 g/mol. The zero-order valence-corrected chi connectivity index (χ0v) is 12.1. The maximum absolute atomic E-state index is 12.7. The van der Waals surface area contributed by atoms with Gasteiger partial charge in [-0.05, 0) is 65.2 Å². The molecule has 6 heteroatoms. The highest BCUT2D eigenvalue weighted by Crippen LogP contribution is 2.54. The molecule has 0 heterocycles. The molecule has 0 aromatic heterocycles. The number of nitrogens with one attached hydrogen (secondary N) is 1. The third-order valence-corrected chi connectivity index (χ3v) is 4.86. The quantitative estimate of drug-likeness (QED) is 0.841. The van der Waals surface area contributed by atoms with E-state index in [1.807, 2.05) is 0 Å². The van der Waals surface area contributed by atoms with Crippen LogP contribution < -0.4 is 5.32 Å². The minimum Gasteiger partial charge on any atom is -0.325 e. The van der Waals surface area contributed by atoms with Crippen LogP contribution in [0.1, 0.15) is 24.8 Å². The van der Waals surface area contributed by atoms with E-state index in [-0.39, 0.29) is 17.5 Å². The van der Waals surface area contributed by atoms with Gasteiger partial charge in [-0.2, -0.15) is 13.2 Å². The Bertz CT molecular complexity index is 548. The molecule has 0 spiro atoms. The lowest BCUT2D eigenvalue weighted by Crippen LogP contribution is -2.22. The first-order valence-electron chi connectivity index (χ1n) is 6.52. The number of carbonyl (C=O) groups excluding carboxylic acids is 1. The molecule has 2 fully saturated rings. The predicted octanol–water partition coefficient (Wildman–Crippen LogP) is 4.45. The maximum atomic E-state index is 12.7. The standard InChI is InChI=1S/C14H13BrF3NO/c15-11-2-1-10(14(16,17)18)6-12(11)19-13(20)9-4-7-3-8(7)5-9/h1-2,6-9H,3-5H2,(H,19,20). The molecule has 108 valence electrons. The number of carbonyl (C=O) groups is 1. The lowest BCUT2D eigenvalue weighted by Gasteiger charge is -2.15. The Balaban J connectivity index is 1.74. The smallest absolute Gasteiger partial charge is 0.325 e. The largest absolute Gasteiger partial charge is 0.416 e. The topological polar surface area (TPSA) is 29.1 Å².